The summed E-state index contributed by atoms with van der Waals surface area (Å²) in [6, 6.07) is 6.30. The van der Waals surface area contributed by atoms with Crippen LogP contribution in [0.25, 0.3) is 0 Å². The van der Waals surface area contributed by atoms with E-state index in [9.17, 15) is 14.4 Å². The maximum Gasteiger partial charge on any atom is 0.408 e. The van der Waals surface area contributed by atoms with Crippen molar-refractivity contribution in [2.24, 2.45) is 0 Å². The maximum absolute atomic E-state index is 11.9. The Labute approximate surface area is 148 Å². The summed E-state index contributed by atoms with van der Waals surface area (Å²) in [7, 11) is 0. The van der Waals surface area contributed by atoms with Crippen LogP contribution in [-0.2, 0) is 14.3 Å². The predicted molar refractivity (Wildman–Crippen MR) is 94.5 cm³/mol. The highest BCUT2D eigenvalue weighted by Crippen LogP contribution is 2.14. The molecule has 0 radical (unpaired) electrons. The van der Waals surface area contributed by atoms with E-state index in [1.54, 1.807) is 65.8 Å². The number of carbonyl (C=O) groups is 3. The molecule has 0 saturated carbocycles. The van der Waals surface area contributed by atoms with Gasteiger partial charge in [-0.2, -0.15) is 0 Å². The highest BCUT2D eigenvalue weighted by Gasteiger charge is 2.18. The van der Waals surface area contributed by atoms with Gasteiger partial charge in [-0.05, 0) is 65.8 Å². The van der Waals surface area contributed by atoms with E-state index in [2.05, 4.69) is 10.6 Å². The molecule has 0 fully saturated rings. The van der Waals surface area contributed by atoms with E-state index in [4.69, 9.17) is 9.47 Å². The maximum atomic E-state index is 11.9. The highest BCUT2D eigenvalue weighted by atomic mass is 16.6. The molecular weight excluding hydrogens is 324 g/mol. The van der Waals surface area contributed by atoms with E-state index in [0.717, 1.165) is 0 Å². The summed E-state index contributed by atoms with van der Waals surface area (Å²) in [5.41, 5.74) is -0.307. The van der Waals surface area contributed by atoms with Gasteiger partial charge in [0.2, 0.25) is 5.91 Å². The lowest BCUT2D eigenvalue weighted by Crippen LogP contribution is -2.37. The van der Waals surface area contributed by atoms with Gasteiger partial charge in [0.25, 0.3) is 0 Å². The normalized spacial score (nSPS) is 11.4. The molecule has 0 saturated heterocycles. The molecule has 25 heavy (non-hydrogen) atoms. The number of amides is 2. The van der Waals surface area contributed by atoms with E-state index in [-0.39, 0.29) is 6.54 Å². The predicted octanol–water partition coefficient (Wildman–Crippen LogP) is 3.11. The lowest BCUT2D eigenvalue weighted by atomic mass is 10.1. The molecule has 0 aliphatic carbocycles. The van der Waals surface area contributed by atoms with Gasteiger partial charge in [0.1, 0.15) is 17.7 Å². The molecule has 0 bridgehead atoms. The smallest absolute Gasteiger partial charge is 0.408 e. The minimum absolute atomic E-state index is 0.220. The summed E-state index contributed by atoms with van der Waals surface area (Å²) < 4.78 is 10.3. The zero-order valence-corrected chi connectivity index (χ0v) is 15.6. The molecule has 7 nitrogen and oxygen atoms in total. The molecular formula is C18H26N2O5. The van der Waals surface area contributed by atoms with Crippen LogP contribution < -0.4 is 10.6 Å². The number of anilines is 1. The van der Waals surface area contributed by atoms with E-state index >= 15 is 0 Å². The summed E-state index contributed by atoms with van der Waals surface area (Å²) in [4.78, 5) is 35.2. The third kappa shape index (κ3) is 8.74. The molecule has 2 amide bonds. The van der Waals surface area contributed by atoms with E-state index in [0.29, 0.717) is 11.3 Å². The van der Waals surface area contributed by atoms with Crippen LogP contribution in [0.3, 0.4) is 0 Å². The molecule has 1 aromatic rings. The third-order valence-electron chi connectivity index (χ3n) is 2.60. The number of ether oxygens (including phenoxy) is 2. The van der Waals surface area contributed by atoms with Gasteiger partial charge in [0.05, 0.1) is 5.56 Å². The number of nitrogens with one attached hydrogen (secondary N) is 2. The summed E-state index contributed by atoms with van der Waals surface area (Å²) >= 11 is 0. The van der Waals surface area contributed by atoms with Crippen LogP contribution in [0, 0.1) is 0 Å². The molecule has 0 unspecified atom stereocenters. The molecule has 138 valence electrons. The van der Waals surface area contributed by atoms with E-state index in [1.165, 1.54) is 0 Å². The van der Waals surface area contributed by atoms with Crippen molar-refractivity contribution >= 4 is 23.7 Å². The van der Waals surface area contributed by atoms with E-state index < -0.39 is 29.2 Å². The second-order valence-electron chi connectivity index (χ2n) is 7.48. The van der Waals surface area contributed by atoms with Crippen LogP contribution in [0.2, 0.25) is 0 Å². The first-order valence-corrected chi connectivity index (χ1v) is 7.96. The van der Waals surface area contributed by atoms with Gasteiger partial charge in [0.15, 0.2) is 0 Å². The Morgan fingerprint density at radius 2 is 1.40 bits per heavy atom. The van der Waals surface area contributed by atoms with Crippen molar-refractivity contribution in [2.75, 3.05) is 11.9 Å². The number of benzene rings is 1. The number of carbonyl (C=O) groups excluding carboxylic acids is 3. The Bertz CT molecular complexity index is 624. The number of hydrogen-bond donors (Lipinski definition) is 2. The van der Waals surface area contributed by atoms with Crippen LogP contribution in [0.5, 0.6) is 0 Å². The number of rotatable bonds is 4. The van der Waals surface area contributed by atoms with Crippen molar-refractivity contribution in [3.05, 3.63) is 29.8 Å². The molecule has 2 N–H and O–H groups in total. The van der Waals surface area contributed by atoms with E-state index in [1.807, 2.05) is 0 Å². The number of hydrogen-bond acceptors (Lipinski definition) is 5. The van der Waals surface area contributed by atoms with Crippen LogP contribution in [0.4, 0.5) is 10.5 Å². The molecule has 0 aliphatic heterocycles. The number of alkyl carbamates (subject to hydrolysis) is 1. The fraction of sp³-hybridized carbons (Fsp3) is 0.500. The van der Waals surface area contributed by atoms with Crippen LogP contribution in [0.1, 0.15) is 51.9 Å². The van der Waals surface area contributed by atoms with Crippen molar-refractivity contribution in [3.8, 4) is 0 Å². The van der Waals surface area contributed by atoms with Crippen molar-refractivity contribution in [1.29, 1.82) is 0 Å². The second kappa shape index (κ2) is 8.00. The lowest BCUT2D eigenvalue weighted by molar-refractivity contribution is -0.115. The third-order valence-corrected chi connectivity index (χ3v) is 2.60. The summed E-state index contributed by atoms with van der Waals surface area (Å²) in [5, 5.41) is 4.98. The molecule has 1 rings (SSSR count). The Morgan fingerprint density at radius 1 is 0.880 bits per heavy atom. The van der Waals surface area contributed by atoms with Crippen molar-refractivity contribution in [2.45, 2.75) is 52.7 Å². The fourth-order valence-corrected chi connectivity index (χ4v) is 1.70. The zero-order valence-electron chi connectivity index (χ0n) is 15.6. The van der Waals surface area contributed by atoms with Gasteiger partial charge < -0.3 is 20.1 Å². The first kappa shape index (κ1) is 20.5. The average Bonchev–Trinajstić information content (AvgIpc) is 2.42. The van der Waals surface area contributed by atoms with Gasteiger partial charge >= 0.3 is 12.1 Å². The van der Waals surface area contributed by atoms with Crippen LogP contribution in [0.15, 0.2) is 24.3 Å². The van der Waals surface area contributed by atoms with Crippen LogP contribution in [-0.4, -0.2) is 35.7 Å². The molecule has 0 spiro atoms. The Balaban J connectivity index is 2.51. The topological polar surface area (TPSA) is 93.7 Å². The number of esters is 1. The molecule has 0 heterocycles. The summed E-state index contributed by atoms with van der Waals surface area (Å²) in [5.74, 6) is -0.840. The van der Waals surface area contributed by atoms with Crippen molar-refractivity contribution < 1.29 is 23.9 Å². The van der Waals surface area contributed by atoms with Gasteiger partial charge in [-0.25, -0.2) is 9.59 Å². The monoisotopic (exact) mass is 350 g/mol. The minimum Gasteiger partial charge on any atom is -0.456 e. The Hall–Kier alpha value is -2.57. The first-order chi connectivity index (χ1) is 11.4. The van der Waals surface area contributed by atoms with Gasteiger partial charge in [-0.1, -0.05) is 0 Å². The SMILES string of the molecule is CC(C)(C)OC(=O)NCC(=O)Nc1ccc(C(=O)OC(C)(C)C)cc1. The largest absolute Gasteiger partial charge is 0.456 e. The Morgan fingerprint density at radius 3 is 1.88 bits per heavy atom. The fourth-order valence-electron chi connectivity index (χ4n) is 1.70. The molecule has 0 aliphatic rings. The van der Waals surface area contributed by atoms with Crippen molar-refractivity contribution in [1.82, 2.24) is 5.32 Å². The molecule has 0 atom stereocenters. The molecule has 1 aromatic carbocycles. The zero-order chi connectivity index (χ0) is 19.3. The minimum atomic E-state index is -0.664. The quantitative estimate of drug-likeness (QED) is 0.814. The first-order valence-electron chi connectivity index (χ1n) is 7.96. The average molecular weight is 350 g/mol. The van der Waals surface area contributed by atoms with Crippen LogP contribution >= 0.6 is 0 Å². The van der Waals surface area contributed by atoms with Crippen molar-refractivity contribution in [3.63, 3.8) is 0 Å². The second-order valence-corrected chi connectivity index (χ2v) is 7.48. The summed E-state index contributed by atoms with van der Waals surface area (Å²) in [6.07, 6.45) is -0.664. The summed E-state index contributed by atoms with van der Waals surface area (Å²) in [6.45, 7) is 10.4. The van der Waals surface area contributed by atoms with Gasteiger partial charge in [-0.3, -0.25) is 4.79 Å². The van der Waals surface area contributed by atoms with Gasteiger partial charge in [-0.15, -0.1) is 0 Å². The van der Waals surface area contributed by atoms with Gasteiger partial charge in [0, 0.05) is 5.69 Å². The Kier molecular flexibility index (Phi) is 6.55. The molecule has 7 heteroatoms. The lowest BCUT2D eigenvalue weighted by Gasteiger charge is -2.19. The molecule has 0 aromatic heterocycles. The standard InChI is InChI=1S/C18H26N2O5/c1-17(2,3)24-15(22)12-7-9-13(10-8-12)20-14(21)11-19-16(23)25-18(4,5)6/h7-10H,11H2,1-6H3,(H,19,23)(H,20,21). The highest BCUT2D eigenvalue weighted by molar-refractivity contribution is 5.95.